The van der Waals surface area contributed by atoms with Gasteiger partial charge in [-0.15, -0.1) is 0 Å². The van der Waals surface area contributed by atoms with Crippen LogP contribution in [0.4, 0.5) is 4.79 Å². The molecular weight excluding hydrogens is 256 g/mol. The van der Waals surface area contributed by atoms with E-state index < -0.39 is 12.0 Å². The largest absolute Gasteiger partial charge is 0.480 e. The number of amides is 2. The number of carbonyl (C=O) groups is 2. The van der Waals surface area contributed by atoms with E-state index in [0.29, 0.717) is 24.8 Å². The standard InChI is InChI=1S/C15H26N2O3/c1-3-12-5-4-7-16(10-12)15(20)17-8-6-11(2)9-13(17)14(18)19/h11-13H,3-10H2,1-2H3,(H,18,19). The highest BCUT2D eigenvalue weighted by Crippen LogP contribution is 2.26. The van der Waals surface area contributed by atoms with Crippen LogP contribution < -0.4 is 0 Å². The number of carboxylic acid groups (broad SMARTS) is 1. The van der Waals surface area contributed by atoms with Gasteiger partial charge < -0.3 is 14.9 Å². The maximum absolute atomic E-state index is 12.6. The maximum atomic E-state index is 12.6. The van der Waals surface area contributed by atoms with Gasteiger partial charge in [-0.05, 0) is 37.5 Å². The second-order valence-corrected chi connectivity index (χ2v) is 6.32. The lowest BCUT2D eigenvalue weighted by molar-refractivity contribution is -0.144. The van der Waals surface area contributed by atoms with Crippen molar-refractivity contribution < 1.29 is 14.7 Å². The number of nitrogens with zero attached hydrogens (tertiary/aromatic N) is 2. The summed E-state index contributed by atoms with van der Waals surface area (Å²) in [6.07, 6.45) is 4.78. The van der Waals surface area contributed by atoms with Gasteiger partial charge in [-0.2, -0.15) is 0 Å². The number of rotatable bonds is 2. The summed E-state index contributed by atoms with van der Waals surface area (Å²) in [5.74, 6) is 0.0820. The van der Waals surface area contributed by atoms with Crippen LogP contribution in [0.1, 0.15) is 46.0 Å². The third kappa shape index (κ3) is 3.25. The van der Waals surface area contributed by atoms with Crippen LogP contribution in [0.15, 0.2) is 0 Å². The molecule has 0 aromatic rings. The average Bonchev–Trinajstić information content (AvgIpc) is 2.46. The third-order valence-corrected chi connectivity index (χ3v) is 4.76. The Morgan fingerprint density at radius 3 is 2.65 bits per heavy atom. The molecule has 2 amide bonds. The van der Waals surface area contributed by atoms with Crippen LogP contribution in [0.5, 0.6) is 0 Å². The van der Waals surface area contributed by atoms with Gasteiger partial charge in [0.1, 0.15) is 6.04 Å². The third-order valence-electron chi connectivity index (χ3n) is 4.76. The van der Waals surface area contributed by atoms with Gasteiger partial charge >= 0.3 is 12.0 Å². The molecule has 2 fully saturated rings. The molecule has 0 aromatic heterocycles. The van der Waals surface area contributed by atoms with Crippen molar-refractivity contribution in [3.63, 3.8) is 0 Å². The van der Waals surface area contributed by atoms with Gasteiger partial charge in [0, 0.05) is 19.6 Å². The van der Waals surface area contributed by atoms with Crippen LogP contribution in [0.3, 0.4) is 0 Å². The van der Waals surface area contributed by atoms with E-state index in [1.165, 1.54) is 6.42 Å². The zero-order valence-corrected chi connectivity index (χ0v) is 12.5. The zero-order valence-electron chi connectivity index (χ0n) is 12.5. The SMILES string of the molecule is CCC1CCCN(C(=O)N2CCC(C)CC2C(=O)O)C1. The molecule has 0 aromatic carbocycles. The van der Waals surface area contributed by atoms with Crippen molar-refractivity contribution in [3.8, 4) is 0 Å². The number of aliphatic carboxylic acids is 1. The van der Waals surface area contributed by atoms with E-state index in [4.69, 9.17) is 0 Å². The first-order valence-electron chi connectivity index (χ1n) is 7.81. The monoisotopic (exact) mass is 282 g/mol. The minimum absolute atomic E-state index is 0.0672. The molecule has 114 valence electrons. The smallest absolute Gasteiger partial charge is 0.326 e. The lowest BCUT2D eigenvalue weighted by Gasteiger charge is -2.41. The van der Waals surface area contributed by atoms with Crippen LogP contribution in [-0.2, 0) is 4.79 Å². The van der Waals surface area contributed by atoms with E-state index in [-0.39, 0.29) is 6.03 Å². The van der Waals surface area contributed by atoms with Crippen molar-refractivity contribution in [1.82, 2.24) is 9.80 Å². The average molecular weight is 282 g/mol. The summed E-state index contributed by atoms with van der Waals surface area (Å²) in [7, 11) is 0. The molecule has 0 saturated carbocycles. The van der Waals surface area contributed by atoms with E-state index in [1.807, 2.05) is 4.90 Å². The molecule has 2 aliphatic heterocycles. The number of hydrogen-bond acceptors (Lipinski definition) is 2. The Morgan fingerprint density at radius 2 is 2.00 bits per heavy atom. The van der Waals surface area contributed by atoms with Gasteiger partial charge in [-0.25, -0.2) is 9.59 Å². The first-order valence-corrected chi connectivity index (χ1v) is 7.81. The van der Waals surface area contributed by atoms with E-state index in [9.17, 15) is 14.7 Å². The first kappa shape index (κ1) is 15.1. The topological polar surface area (TPSA) is 60.9 Å². The molecule has 5 heteroatoms. The minimum atomic E-state index is -0.867. The van der Waals surface area contributed by atoms with Crippen LogP contribution in [0, 0.1) is 11.8 Å². The molecule has 20 heavy (non-hydrogen) atoms. The highest BCUT2D eigenvalue weighted by Gasteiger charge is 2.37. The fourth-order valence-electron chi connectivity index (χ4n) is 3.36. The predicted molar refractivity (Wildman–Crippen MR) is 76.5 cm³/mol. The maximum Gasteiger partial charge on any atom is 0.326 e. The zero-order chi connectivity index (χ0) is 14.7. The summed E-state index contributed by atoms with van der Waals surface area (Å²) in [6, 6.07) is -0.712. The molecule has 2 aliphatic rings. The van der Waals surface area contributed by atoms with E-state index >= 15 is 0 Å². The van der Waals surface area contributed by atoms with Gasteiger partial charge in [-0.3, -0.25) is 0 Å². The normalized spacial score (nSPS) is 31.2. The number of carboxylic acids is 1. The molecule has 2 saturated heterocycles. The highest BCUT2D eigenvalue weighted by molar-refractivity contribution is 5.83. The predicted octanol–water partition coefficient (Wildman–Crippen LogP) is 2.41. The second kappa shape index (κ2) is 6.46. The molecule has 5 nitrogen and oxygen atoms in total. The van der Waals surface area contributed by atoms with Crippen molar-refractivity contribution in [3.05, 3.63) is 0 Å². The molecule has 0 aliphatic carbocycles. The molecule has 3 atom stereocenters. The van der Waals surface area contributed by atoms with Gasteiger partial charge in [0.15, 0.2) is 0 Å². The summed E-state index contributed by atoms with van der Waals surface area (Å²) >= 11 is 0. The Kier molecular flexibility index (Phi) is 4.89. The number of likely N-dealkylation sites (tertiary alicyclic amines) is 2. The van der Waals surface area contributed by atoms with Crippen molar-refractivity contribution in [1.29, 1.82) is 0 Å². The molecule has 0 radical (unpaired) electrons. The molecule has 3 unspecified atom stereocenters. The summed E-state index contributed by atoms with van der Waals surface area (Å²) in [5, 5.41) is 9.36. The molecule has 2 rings (SSSR count). The summed E-state index contributed by atoms with van der Waals surface area (Å²) < 4.78 is 0. The number of carbonyl (C=O) groups excluding carboxylic acids is 1. The lowest BCUT2D eigenvalue weighted by atomic mass is 9.92. The molecular formula is C15H26N2O3. The molecule has 1 N–H and O–H groups in total. The Bertz CT molecular complexity index is 372. The van der Waals surface area contributed by atoms with Crippen LogP contribution in [0.2, 0.25) is 0 Å². The van der Waals surface area contributed by atoms with Gasteiger partial charge in [0.2, 0.25) is 0 Å². The second-order valence-electron chi connectivity index (χ2n) is 6.32. The van der Waals surface area contributed by atoms with E-state index in [1.54, 1.807) is 4.90 Å². The fourth-order valence-corrected chi connectivity index (χ4v) is 3.36. The van der Waals surface area contributed by atoms with Crippen molar-refractivity contribution in [2.24, 2.45) is 11.8 Å². The number of piperidine rings is 2. The van der Waals surface area contributed by atoms with E-state index in [0.717, 1.165) is 32.4 Å². The van der Waals surface area contributed by atoms with Crippen LogP contribution in [-0.4, -0.2) is 52.6 Å². The quantitative estimate of drug-likeness (QED) is 0.846. The Morgan fingerprint density at radius 1 is 1.25 bits per heavy atom. The summed E-state index contributed by atoms with van der Waals surface area (Å²) in [4.78, 5) is 27.5. The van der Waals surface area contributed by atoms with Crippen molar-refractivity contribution >= 4 is 12.0 Å². The Labute approximate surface area is 120 Å². The Balaban J connectivity index is 2.04. The summed E-state index contributed by atoms with van der Waals surface area (Å²) in [6.45, 7) is 6.35. The van der Waals surface area contributed by atoms with Gasteiger partial charge in [0.25, 0.3) is 0 Å². The van der Waals surface area contributed by atoms with Crippen LogP contribution >= 0.6 is 0 Å². The van der Waals surface area contributed by atoms with Crippen LogP contribution in [0.25, 0.3) is 0 Å². The van der Waals surface area contributed by atoms with Crippen molar-refractivity contribution in [2.75, 3.05) is 19.6 Å². The minimum Gasteiger partial charge on any atom is -0.480 e. The van der Waals surface area contributed by atoms with E-state index in [2.05, 4.69) is 13.8 Å². The van der Waals surface area contributed by atoms with Gasteiger partial charge in [-0.1, -0.05) is 20.3 Å². The molecule has 0 spiro atoms. The van der Waals surface area contributed by atoms with Gasteiger partial charge in [0.05, 0.1) is 0 Å². The molecule has 0 bridgehead atoms. The lowest BCUT2D eigenvalue weighted by Crippen LogP contribution is -2.55. The first-order chi connectivity index (χ1) is 9.52. The Hall–Kier alpha value is -1.26. The summed E-state index contributed by atoms with van der Waals surface area (Å²) in [5.41, 5.74) is 0. The number of urea groups is 1. The number of hydrogen-bond donors (Lipinski definition) is 1. The fraction of sp³-hybridized carbons (Fsp3) is 0.867. The molecule has 2 heterocycles. The highest BCUT2D eigenvalue weighted by atomic mass is 16.4. The van der Waals surface area contributed by atoms with Crippen molar-refractivity contribution in [2.45, 2.75) is 52.0 Å².